The highest BCUT2D eigenvalue weighted by Crippen LogP contribution is 2.31. The molecule has 0 saturated heterocycles. The van der Waals surface area contributed by atoms with E-state index < -0.39 is 0 Å². The highest BCUT2D eigenvalue weighted by molar-refractivity contribution is 9.10. The molecule has 0 saturated carbocycles. The van der Waals surface area contributed by atoms with Crippen LogP contribution in [-0.2, 0) is 11.2 Å². The Hall–Kier alpha value is -0.900. The number of fused-ring (bicyclic) bond motifs is 1. The molecule has 12 heavy (non-hydrogen) atoms. The monoisotopic (exact) mass is 229 g/mol. The smallest absolute Gasteiger partial charge is 0.241 e. The third-order valence-electron chi connectivity index (χ3n) is 1.82. The van der Waals surface area contributed by atoms with Crippen molar-refractivity contribution in [2.24, 2.45) is 0 Å². The fourth-order valence-electron chi connectivity index (χ4n) is 1.24. The number of hydrogen-bond acceptors (Lipinski definition) is 1. The van der Waals surface area contributed by atoms with Crippen LogP contribution in [0.4, 0.5) is 10.1 Å². The van der Waals surface area contributed by atoms with Crippen LogP contribution in [0.1, 0.15) is 5.56 Å². The van der Waals surface area contributed by atoms with Crippen LogP contribution in [-0.4, -0.2) is 5.91 Å². The normalized spacial score (nSPS) is 15.2. The largest absolute Gasteiger partial charge is 0.273 e. The molecule has 0 fully saturated rings. The van der Waals surface area contributed by atoms with Crippen molar-refractivity contribution in [1.29, 1.82) is 0 Å². The van der Waals surface area contributed by atoms with E-state index in [-0.39, 0.29) is 11.7 Å². The van der Waals surface area contributed by atoms with Crippen molar-refractivity contribution in [3.8, 4) is 0 Å². The standard InChI is InChI=1S/C8H5BrFNO/c9-11-7-4-6(10)2-1-5(7)3-8(11)12/h1-2,4H,3H2. The zero-order valence-corrected chi connectivity index (χ0v) is 7.64. The molecule has 0 bridgehead atoms. The van der Waals surface area contributed by atoms with Gasteiger partial charge in [0.25, 0.3) is 0 Å². The van der Waals surface area contributed by atoms with Gasteiger partial charge in [-0.3, -0.25) is 4.79 Å². The summed E-state index contributed by atoms with van der Waals surface area (Å²) in [6.07, 6.45) is 0.348. The Kier molecular flexibility index (Phi) is 1.65. The summed E-state index contributed by atoms with van der Waals surface area (Å²) in [5.41, 5.74) is 1.47. The van der Waals surface area contributed by atoms with E-state index in [1.54, 1.807) is 6.07 Å². The van der Waals surface area contributed by atoms with Gasteiger partial charge in [0, 0.05) is 0 Å². The molecule has 4 heteroatoms. The summed E-state index contributed by atoms with van der Waals surface area (Å²) in [5, 5.41) is 0. The Morgan fingerprint density at radius 3 is 3.00 bits per heavy atom. The minimum absolute atomic E-state index is 0.0596. The highest BCUT2D eigenvalue weighted by atomic mass is 79.9. The van der Waals surface area contributed by atoms with Gasteiger partial charge in [-0.15, -0.1) is 0 Å². The number of nitrogens with zero attached hydrogens (tertiary/aromatic N) is 1. The molecule has 0 radical (unpaired) electrons. The van der Waals surface area contributed by atoms with Crippen LogP contribution in [0.15, 0.2) is 18.2 Å². The zero-order chi connectivity index (χ0) is 8.72. The highest BCUT2D eigenvalue weighted by Gasteiger charge is 2.25. The molecule has 0 spiro atoms. The number of amides is 1. The minimum Gasteiger partial charge on any atom is -0.273 e. The average molecular weight is 230 g/mol. The van der Waals surface area contributed by atoms with Crippen LogP contribution >= 0.6 is 16.1 Å². The topological polar surface area (TPSA) is 20.3 Å². The molecular formula is C8H5BrFNO. The maximum absolute atomic E-state index is 12.7. The molecule has 0 N–H and O–H groups in total. The SMILES string of the molecule is O=C1Cc2ccc(F)cc2N1Br. The van der Waals surface area contributed by atoms with Gasteiger partial charge in [0.2, 0.25) is 5.91 Å². The van der Waals surface area contributed by atoms with E-state index >= 15 is 0 Å². The number of rotatable bonds is 0. The Bertz CT molecular complexity index is 353. The van der Waals surface area contributed by atoms with Crippen LogP contribution in [0.5, 0.6) is 0 Å². The predicted octanol–water partition coefficient (Wildman–Crippen LogP) is 2.02. The number of carbonyl (C=O) groups excluding carboxylic acids is 1. The quantitative estimate of drug-likeness (QED) is 0.624. The number of carbonyl (C=O) groups is 1. The van der Waals surface area contributed by atoms with Gasteiger partial charge < -0.3 is 0 Å². The first-order valence-corrected chi connectivity index (χ1v) is 4.16. The molecule has 1 aromatic rings. The molecule has 0 aliphatic carbocycles. The summed E-state index contributed by atoms with van der Waals surface area (Å²) in [4.78, 5) is 11.1. The molecular weight excluding hydrogens is 225 g/mol. The fraction of sp³-hybridized carbons (Fsp3) is 0.125. The van der Waals surface area contributed by atoms with E-state index in [0.717, 1.165) is 5.56 Å². The van der Waals surface area contributed by atoms with Gasteiger partial charge in [-0.2, -0.15) is 0 Å². The molecule has 2 nitrogen and oxygen atoms in total. The lowest BCUT2D eigenvalue weighted by molar-refractivity contribution is -0.116. The van der Waals surface area contributed by atoms with Gasteiger partial charge in [0.15, 0.2) is 0 Å². The molecule has 1 aliphatic heterocycles. The van der Waals surface area contributed by atoms with Crippen LogP contribution in [0.3, 0.4) is 0 Å². The molecule has 62 valence electrons. The molecule has 1 aromatic carbocycles. The second kappa shape index (κ2) is 2.55. The third kappa shape index (κ3) is 1.03. The Morgan fingerprint density at radius 2 is 2.25 bits per heavy atom. The van der Waals surface area contributed by atoms with E-state index in [9.17, 15) is 9.18 Å². The summed E-state index contributed by atoms with van der Waals surface area (Å²) in [6, 6.07) is 4.33. The number of halogens is 2. The van der Waals surface area contributed by atoms with E-state index in [1.807, 2.05) is 0 Å². The first-order chi connectivity index (χ1) is 5.68. The Morgan fingerprint density at radius 1 is 1.50 bits per heavy atom. The second-order valence-electron chi connectivity index (χ2n) is 2.62. The van der Waals surface area contributed by atoms with E-state index in [4.69, 9.17) is 0 Å². The van der Waals surface area contributed by atoms with E-state index in [1.165, 1.54) is 16.1 Å². The minimum atomic E-state index is -0.326. The van der Waals surface area contributed by atoms with Crippen molar-refractivity contribution >= 4 is 27.7 Å². The number of hydrogen-bond donors (Lipinski definition) is 0. The van der Waals surface area contributed by atoms with Crippen molar-refractivity contribution in [3.05, 3.63) is 29.6 Å². The lowest BCUT2D eigenvalue weighted by Crippen LogP contribution is -2.13. The summed E-state index contributed by atoms with van der Waals surface area (Å²) in [6.45, 7) is 0. The summed E-state index contributed by atoms with van der Waals surface area (Å²) in [5.74, 6) is -0.386. The van der Waals surface area contributed by atoms with E-state index in [2.05, 4.69) is 16.1 Å². The maximum atomic E-state index is 12.7. The van der Waals surface area contributed by atoms with Crippen LogP contribution in [0.25, 0.3) is 0 Å². The summed E-state index contributed by atoms with van der Waals surface area (Å²) >= 11 is 3.05. The van der Waals surface area contributed by atoms with Crippen LogP contribution in [0, 0.1) is 5.82 Å². The van der Waals surface area contributed by atoms with Gasteiger partial charge >= 0.3 is 0 Å². The first-order valence-electron chi connectivity index (χ1n) is 3.45. The van der Waals surface area contributed by atoms with Crippen molar-refractivity contribution in [2.75, 3.05) is 3.93 Å². The Balaban J connectivity index is 2.55. The maximum Gasteiger partial charge on any atom is 0.241 e. The van der Waals surface area contributed by atoms with Crippen LogP contribution < -0.4 is 3.93 Å². The number of anilines is 1. The Labute approximate surface area is 77.3 Å². The predicted molar refractivity (Wildman–Crippen MR) is 46.5 cm³/mol. The third-order valence-corrected chi connectivity index (χ3v) is 2.60. The molecule has 0 aromatic heterocycles. The van der Waals surface area contributed by atoms with Gasteiger partial charge in [-0.05, 0) is 17.7 Å². The van der Waals surface area contributed by atoms with Gasteiger partial charge in [0.05, 0.1) is 28.3 Å². The van der Waals surface area contributed by atoms with Gasteiger partial charge in [-0.1, -0.05) is 6.07 Å². The summed E-state index contributed by atoms with van der Waals surface area (Å²) < 4.78 is 14.0. The molecule has 0 atom stereocenters. The summed E-state index contributed by atoms with van der Waals surface area (Å²) in [7, 11) is 0. The lowest BCUT2D eigenvalue weighted by atomic mass is 10.2. The fourth-order valence-corrected chi connectivity index (χ4v) is 1.69. The van der Waals surface area contributed by atoms with Crippen molar-refractivity contribution in [3.63, 3.8) is 0 Å². The zero-order valence-electron chi connectivity index (χ0n) is 6.05. The lowest BCUT2D eigenvalue weighted by Gasteiger charge is -2.05. The molecule has 1 heterocycles. The second-order valence-corrected chi connectivity index (χ2v) is 3.33. The van der Waals surface area contributed by atoms with Crippen molar-refractivity contribution in [1.82, 2.24) is 0 Å². The molecule has 1 amide bonds. The first kappa shape index (κ1) is 7.73. The van der Waals surface area contributed by atoms with Crippen molar-refractivity contribution in [2.45, 2.75) is 6.42 Å². The average Bonchev–Trinajstić information content (AvgIpc) is 2.31. The van der Waals surface area contributed by atoms with Gasteiger partial charge in [-0.25, -0.2) is 8.32 Å². The van der Waals surface area contributed by atoms with Gasteiger partial charge in [0.1, 0.15) is 5.82 Å². The molecule has 1 aliphatic rings. The molecule has 0 unspecified atom stereocenters. The number of benzene rings is 1. The van der Waals surface area contributed by atoms with Crippen molar-refractivity contribution < 1.29 is 9.18 Å². The van der Waals surface area contributed by atoms with Crippen LogP contribution in [0.2, 0.25) is 0 Å². The van der Waals surface area contributed by atoms with E-state index in [0.29, 0.717) is 12.1 Å². The molecule has 2 rings (SSSR count).